The predicted molar refractivity (Wildman–Crippen MR) is 69.9 cm³/mol. The average molecular weight is 242 g/mol. The van der Waals surface area contributed by atoms with E-state index >= 15 is 0 Å². The van der Waals surface area contributed by atoms with Gasteiger partial charge in [0.05, 0.1) is 6.04 Å². The SMILES string of the molecule is N[C@H](c1nc2ccccc2o1)C(C1CC1)C1CC1. The maximum atomic E-state index is 6.43. The van der Waals surface area contributed by atoms with Crippen LogP contribution in [0.1, 0.15) is 37.6 Å². The molecule has 1 atom stereocenters. The van der Waals surface area contributed by atoms with E-state index < -0.39 is 0 Å². The van der Waals surface area contributed by atoms with E-state index in [-0.39, 0.29) is 6.04 Å². The number of fused-ring (bicyclic) bond motifs is 1. The topological polar surface area (TPSA) is 52.0 Å². The zero-order valence-corrected chi connectivity index (χ0v) is 10.4. The van der Waals surface area contributed by atoms with Gasteiger partial charge >= 0.3 is 0 Å². The molecule has 3 nitrogen and oxygen atoms in total. The zero-order chi connectivity index (χ0) is 12.1. The molecule has 0 unspecified atom stereocenters. The Hall–Kier alpha value is -1.35. The first-order valence-corrected chi connectivity index (χ1v) is 6.94. The van der Waals surface area contributed by atoms with Crippen molar-refractivity contribution < 1.29 is 4.42 Å². The molecule has 1 heterocycles. The summed E-state index contributed by atoms with van der Waals surface area (Å²) >= 11 is 0. The second-order valence-electron chi connectivity index (χ2n) is 5.80. The molecule has 94 valence electrons. The van der Waals surface area contributed by atoms with E-state index in [0.717, 1.165) is 28.8 Å². The van der Waals surface area contributed by atoms with Gasteiger partial charge in [-0.15, -0.1) is 0 Å². The highest BCUT2D eigenvalue weighted by atomic mass is 16.3. The van der Waals surface area contributed by atoms with Gasteiger partial charge in [-0.1, -0.05) is 12.1 Å². The Morgan fingerprint density at radius 3 is 2.39 bits per heavy atom. The lowest BCUT2D eigenvalue weighted by atomic mass is 9.90. The quantitative estimate of drug-likeness (QED) is 0.895. The van der Waals surface area contributed by atoms with Crippen LogP contribution in [-0.4, -0.2) is 4.98 Å². The predicted octanol–water partition coefficient (Wildman–Crippen LogP) is 3.26. The summed E-state index contributed by atoms with van der Waals surface area (Å²) in [6.45, 7) is 0. The van der Waals surface area contributed by atoms with Gasteiger partial charge < -0.3 is 10.2 Å². The van der Waals surface area contributed by atoms with E-state index in [1.54, 1.807) is 0 Å². The van der Waals surface area contributed by atoms with Crippen molar-refractivity contribution in [3.63, 3.8) is 0 Å². The van der Waals surface area contributed by atoms with E-state index in [9.17, 15) is 0 Å². The molecule has 0 amide bonds. The minimum Gasteiger partial charge on any atom is -0.439 e. The molecule has 2 saturated carbocycles. The zero-order valence-electron chi connectivity index (χ0n) is 10.4. The second kappa shape index (κ2) is 3.82. The fourth-order valence-electron chi connectivity index (χ4n) is 3.13. The van der Waals surface area contributed by atoms with E-state index in [2.05, 4.69) is 4.98 Å². The number of hydrogen-bond acceptors (Lipinski definition) is 3. The van der Waals surface area contributed by atoms with E-state index in [1.807, 2.05) is 24.3 Å². The molecule has 1 aromatic heterocycles. The first-order chi connectivity index (χ1) is 8.83. The smallest absolute Gasteiger partial charge is 0.212 e. The third-order valence-electron chi connectivity index (χ3n) is 4.34. The molecule has 3 heteroatoms. The molecule has 2 N–H and O–H groups in total. The first-order valence-electron chi connectivity index (χ1n) is 6.94. The Kier molecular flexibility index (Phi) is 2.24. The number of nitrogens with two attached hydrogens (primary N) is 1. The first kappa shape index (κ1) is 10.6. The van der Waals surface area contributed by atoms with Gasteiger partial charge in [-0.05, 0) is 55.6 Å². The molecule has 4 rings (SSSR count). The number of benzene rings is 1. The lowest BCUT2D eigenvalue weighted by Gasteiger charge is -2.20. The summed E-state index contributed by atoms with van der Waals surface area (Å²) in [6.07, 6.45) is 5.37. The Bertz CT molecular complexity index is 524. The van der Waals surface area contributed by atoms with Gasteiger partial charge in [-0.2, -0.15) is 0 Å². The maximum Gasteiger partial charge on any atom is 0.212 e. The van der Waals surface area contributed by atoms with Gasteiger partial charge in [0.2, 0.25) is 5.89 Å². The third kappa shape index (κ3) is 1.74. The van der Waals surface area contributed by atoms with Gasteiger partial charge in [0.1, 0.15) is 5.52 Å². The third-order valence-corrected chi connectivity index (χ3v) is 4.34. The number of para-hydroxylation sites is 2. The largest absolute Gasteiger partial charge is 0.439 e. The lowest BCUT2D eigenvalue weighted by molar-refractivity contribution is 0.294. The molecule has 0 spiro atoms. The molecular formula is C15H18N2O. The standard InChI is InChI=1S/C15H18N2O/c16-14(13(9-5-6-9)10-7-8-10)15-17-11-3-1-2-4-12(11)18-15/h1-4,9-10,13-14H,5-8,16H2/t14-/m0/s1. The number of rotatable bonds is 4. The normalized spacial score (nSPS) is 21.7. The molecule has 1 aromatic carbocycles. The van der Waals surface area contributed by atoms with Crippen molar-refractivity contribution in [1.29, 1.82) is 0 Å². The summed E-state index contributed by atoms with van der Waals surface area (Å²) in [6, 6.07) is 7.89. The van der Waals surface area contributed by atoms with Crippen molar-refractivity contribution in [3.05, 3.63) is 30.2 Å². The van der Waals surface area contributed by atoms with Crippen molar-refractivity contribution in [2.24, 2.45) is 23.5 Å². The number of hydrogen-bond donors (Lipinski definition) is 1. The van der Waals surface area contributed by atoms with Crippen molar-refractivity contribution in [3.8, 4) is 0 Å². The van der Waals surface area contributed by atoms with Crippen LogP contribution in [-0.2, 0) is 0 Å². The Balaban J connectivity index is 1.67. The molecule has 0 aliphatic heterocycles. The van der Waals surface area contributed by atoms with Crippen LogP contribution in [0.15, 0.2) is 28.7 Å². The van der Waals surface area contributed by atoms with Crippen LogP contribution in [0.5, 0.6) is 0 Å². The highest BCUT2D eigenvalue weighted by Gasteiger charge is 2.46. The summed E-state index contributed by atoms with van der Waals surface area (Å²) in [5.41, 5.74) is 8.21. The molecule has 2 aromatic rings. The average Bonchev–Trinajstić information content (AvgIpc) is 3.30. The number of oxazole rings is 1. The van der Waals surface area contributed by atoms with Crippen LogP contribution < -0.4 is 5.73 Å². The van der Waals surface area contributed by atoms with Gasteiger partial charge in [-0.25, -0.2) is 4.98 Å². The van der Waals surface area contributed by atoms with Crippen molar-refractivity contribution in [2.45, 2.75) is 31.7 Å². The highest BCUT2D eigenvalue weighted by Crippen LogP contribution is 2.53. The van der Waals surface area contributed by atoms with E-state index in [4.69, 9.17) is 10.2 Å². The van der Waals surface area contributed by atoms with Gasteiger partial charge in [0.15, 0.2) is 5.58 Å². The van der Waals surface area contributed by atoms with Crippen LogP contribution >= 0.6 is 0 Å². The molecule has 2 aliphatic rings. The van der Waals surface area contributed by atoms with Gasteiger partial charge in [0.25, 0.3) is 0 Å². The maximum absolute atomic E-state index is 6.43. The minimum atomic E-state index is -0.0163. The Morgan fingerprint density at radius 2 is 1.78 bits per heavy atom. The fraction of sp³-hybridized carbons (Fsp3) is 0.533. The van der Waals surface area contributed by atoms with Crippen molar-refractivity contribution >= 4 is 11.1 Å². The minimum absolute atomic E-state index is 0.0163. The molecule has 18 heavy (non-hydrogen) atoms. The summed E-state index contributed by atoms with van der Waals surface area (Å²) < 4.78 is 5.83. The molecule has 2 aliphatic carbocycles. The van der Waals surface area contributed by atoms with Crippen LogP contribution in [0.4, 0.5) is 0 Å². The van der Waals surface area contributed by atoms with E-state index in [1.165, 1.54) is 25.7 Å². The summed E-state index contributed by atoms with van der Waals surface area (Å²) in [5.74, 6) is 2.98. The van der Waals surface area contributed by atoms with Crippen molar-refractivity contribution in [2.75, 3.05) is 0 Å². The molecule has 0 bridgehead atoms. The number of nitrogens with zero attached hydrogens (tertiary/aromatic N) is 1. The molecule has 0 saturated heterocycles. The summed E-state index contributed by atoms with van der Waals surface area (Å²) in [5, 5.41) is 0. The van der Waals surface area contributed by atoms with Crippen molar-refractivity contribution in [1.82, 2.24) is 4.98 Å². The monoisotopic (exact) mass is 242 g/mol. The number of aromatic nitrogens is 1. The lowest BCUT2D eigenvalue weighted by Crippen LogP contribution is -2.25. The van der Waals surface area contributed by atoms with Crippen LogP contribution in [0.2, 0.25) is 0 Å². The summed E-state index contributed by atoms with van der Waals surface area (Å²) in [7, 11) is 0. The molecule has 2 fully saturated rings. The van der Waals surface area contributed by atoms with Gasteiger partial charge in [0, 0.05) is 0 Å². The molecule has 0 radical (unpaired) electrons. The van der Waals surface area contributed by atoms with E-state index in [0.29, 0.717) is 5.92 Å². The van der Waals surface area contributed by atoms with Gasteiger partial charge in [-0.3, -0.25) is 0 Å². The summed E-state index contributed by atoms with van der Waals surface area (Å²) in [4.78, 5) is 4.56. The Morgan fingerprint density at radius 1 is 1.11 bits per heavy atom. The van der Waals surface area contributed by atoms with Crippen LogP contribution in [0, 0.1) is 17.8 Å². The Labute approximate surface area is 106 Å². The second-order valence-corrected chi connectivity index (χ2v) is 5.80. The van der Waals surface area contributed by atoms with Crippen LogP contribution in [0.3, 0.4) is 0 Å². The molecular weight excluding hydrogens is 224 g/mol. The highest BCUT2D eigenvalue weighted by molar-refractivity contribution is 5.72. The fourth-order valence-corrected chi connectivity index (χ4v) is 3.13. The van der Waals surface area contributed by atoms with Crippen LogP contribution in [0.25, 0.3) is 11.1 Å².